The number of hydrogen-bond donors (Lipinski definition) is 1. The number of amides is 1. The standard InChI is InChI=1S/C14H20N2O3S/c1-11-4-5-13(10-12(11)2)20(18,19)15-7-6-14(17)16-8-3-9-16/h4-5,10,15H,3,6-9H2,1-2H3. The average Bonchev–Trinajstić information content (AvgIpc) is 2.30. The zero-order chi connectivity index (χ0) is 14.8. The van der Waals surface area contributed by atoms with Crippen LogP contribution in [0, 0.1) is 13.8 Å². The fourth-order valence-corrected chi connectivity index (χ4v) is 3.10. The smallest absolute Gasteiger partial charge is 0.240 e. The van der Waals surface area contributed by atoms with Gasteiger partial charge in [0.25, 0.3) is 0 Å². The van der Waals surface area contributed by atoms with Crippen molar-refractivity contribution in [2.24, 2.45) is 0 Å². The highest BCUT2D eigenvalue weighted by molar-refractivity contribution is 7.89. The maximum absolute atomic E-state index is 12.1. The van der Waals surface area contributed by atoms with E-state index in [1.807, 2.05) is 13.8 Å². The SMILES string of the molecule is Cc1ccc(S(=O)(=O)NCCC(=O)N2CCC2)cc1C. The predicted octanol–water partition coefficient (Wildman–Crippen LogP) is 1.20. The summed E-state index contributed by atoms with van der Waals surface area (Å²) in [5.74, 6) is 0.0130. The first-order chi connectivity index (χ1) is 9.40. The Morgan fingerprint density at radius 1 is 1.25 bits per heavy atom. The largest absolute Gasteiger partial charge is 0.343 e. The number of nitrogens with zero attached hydrogens (tertiary/aromatic N) is 1. The number of hydrogen-bond acceptors (Lipinski definition) is 3. The Hall–Kier alpha value is -1.40. The lowest BCUT2D eigenvalue weighted by atomic mass is 10.1. The number of carbonyl (C=O) groups excluding carboxylic acids is 1. The Balaban J connectivity index is 1.93. The van der Waals surface area contributed by atoms with Gasteiger partial charge in [0.05, 0.1) is 4.90 Å². The van der Waals surface area contributed by atoms with Gasteiger partial charge in [0.1, 0.15) is 0 Å². The van der Waals surface area contributed by atoms with Crippen LogP contribution >= 0.6 is 0 Å². The molecule has 1 amide bonds. The van der Waals surface area contributed by atoms with Crippen LogP contribution in [0.2, 0.25) is 0 Å². The molecule has 1 aromatic carbocycles. The number of benzene rings is 1. The van der Waals surface area contributed by atoms with Crippen LogP contribution in [-0.2, 0) is 14.8 Å². The molecule has 0 bridgehead atoms. The minimum atomic E-state index is -3.53. The molecule has 5 nitrogen and oxygen atoms in total. The van der Waals surface area contributed by atoms with Crippen LogP contribution in [0.1, 0.15) is 24.0 Å². The highest BCUT2D eigenvalue weighted by Crippen LogP contribution is 2.14. The highest BCUT2D eigenvalue weighted by atomic mass is 32.2. The Morgan fingerprint density at radius 2 is 1.95 bits per heavy atom. The van der Waals surface area contributed by atoms with E-state index in [1.54, 1.807) is 23.1 Å². The van der Waals surface area contributed by atoms with Crippen molar-refractivity contribution >= 4 is 15.9 Å². The average molecular weight is 296 g/mol. The first kappa shape index (κ1) is 15.0. The Bertz CT molecular complexity index is 607. The number of nitrogens with one attached hydrogen (secondary N) is 1. The topological polar surface area (TPSA) is 66.5 Å². The molecule has 1 heterocycles. The maximum atomic E-state index is 12.1. The van der Waals surface area contributed by atoms with Gasteiger partial charge in [0.2, 0.25) is 15.9 Å². The van der Waals surface area contributed by atoms with Crippen LogP contribution in [-0.4, -0.2) is 38.9 Å². The molecule has 1 aromatic rings. The van der Waals surface area contributed by atoms with Gasteiger partial charge >= 0.3 is 0 Å². The van der Waals surface area contributed by atoms with Crippen LogP contribution < -0.4 is 4.72 Å². The molecule has 20 heavy (non-hydrogen) atoms. The second-order valence-electron chi connectivity index (χ2n) is 5.13. The van der Waals surface area contributed by atoms with Gasteiger partial charge in [-0.2, -0.15) is 0 Å². The Labute approximate surface area is 120 Å². The third kappa shape index (κ3) is 3.37. The molecule has 1 aliphatic rings. The van der Waals surface area contributed by atoms with Crippen molar-refractivity contribution in [1.29, 1.82) is 0 Å². The summed E-state index contributed by atoms with van der Waals surface area (Å²) in [7, 11) is -3.53. The van der Waals surface area contributed by atoms with Crippen molar-refractivity contribution in [2.45, 2.75) is 31.6 Å². The van der Waals surface area contributed by atoms with Gasteiger partial charge in [-0.15, -0.1) is 0 Å². The lowest BCUT2D eigenvalue weighted by Gasteiger charge is -2.30. The van der Waals surface area contributed by atoms with Crippen LogP contribution in [0.15, 0.2) is 23.1 Å². The quantitative estimate of drug-likeness (QED) is 0.888. The van der Waals surface area contributed by atoms with Crippen molar-refractivity contribution in [2.75, 3.05) is 19.6 Å². The van der Waals surface area contributed by atoms with E-state index in [0.29, 0.717) is 0 Å². The van der Waals surface area contributed by atoms with Gasteiger partial charge in [-0.3, -0.25) is 4.79 Å². The monoisotopic (exact) mass is 296 g/mol. The molecular formula is C14H20N2O3S. The summed E-state index contributed by atoms with van der Waals surface area (Å²) in [5, 5.41) is 0. The van der Waals surface area contributed by atoms with Gasteiger partial charge in [-0.1, -0.05) is 6.07 Å². The first-order valence-corrected chi connectivity index (χ1v) is 8.23. The van der Waals surface area contributed by atoms with Crippen LogP contribution in [0.25, 0.3) is 0 Å². The molecule has 1 N–H and O–H groups in total. The lowest BCUT2D eigenvalue weighted by molar-refractivity contribution is -0.134. The number of likely N-dealkylation sites (tertiary alicyclic amines) is 1. The fourth-order valence-electron chi connectivity index (χ4n) is 1.98. The van der Waals surface area contributed by atoms with Crippen LogP contribution in [0.5, 0.6) is 0 Å². The van der Waals surface area contributed by atoms with Crippen molar-refractivity contribution in [3.63, 3.8) is 0 Å². The van der Waals surface area contributed by atoms with E-state index in [-0.39, 0.29) is 23.8 Å². The van der Waals surface area contributed by atoms with Crippen LogP contribution in [0.4, 0.5) is 0 Å². The zero-order valence-electron chi connectivity index (χ0n) is 11.8. The zero-order valence-corrected chi connectivity index (χ0v) is 12.7. The summed E-state index contributed by atoms with van der Waals surface area (Å²) in [6.07, 6.45) is 1.25. The highest BCUT2D eigenvalue weighted by Gasteiger charge is 2.20. The molecule has 0 aromatic heterocycles. The summed E-state index contributed by atoms with van der Waals surface area (Å²) in [6.45, 7) is 5.54. The Kier molecular flexibility index (Phi) is 4.45. The normalized spacial score (nSPS) is 15.0. The van der Waals surface area contributed by atoms with Gasteiger partial charge in [0, 0.05) is 26.1 Å². The number of aryl methyl sites for hydroxylation is 2. The van der Waals surface area contributed by atoms with E-state index in [9.17, 15) is 13.2 Å². The first-order valence-electron chi connectivity index (χ1n) is 6.75. The van der Waals surface area contributed by atoms with E-state index < -0.39 is 10.0 Å². The van der Waals surface area contributed by atoms with Crippen molar-refractivity contribution in [1.82, 2.24) is 9.62 Å². The summed E-state index contributed by atoms with van der Waals surface area (Å²) in [5.41, 5.74) is 1.99. The molecule has 2 rings (SSSR count). The minimum Gasteiger partial charge on any atom is -0.343 e. The summed E-state index contributed by atoms with van der Waals surface area (Å²) in [4.78, 5) is 13.6. The molecule has 110 valence electrons. The second kappa shape index (κ2) is 5.93. The molecule has 6 heteroatoms. The van der Waals surface area contributed by atoms with Gasteiger partial charge in [-0.05, 0) is 43.5 Å². The van der Waals surface area contributed by atoms with Crippen molar-refractivity contribution in [3.8, 4) is 0 Å². The van der Waals surface area contributed by atoms with E-state index in [0.717, 1.165) is 30.6 Å². The van der Waals surface area contributed by atoms with E-state index in [4.69, 9.17) is 0 Å². The third-order valence-corrected chi connectivity index (χ3v) is 5.09. The lowest BCUT2D eigenvalue weighted by Crippen LogP contribution is -2.43. The van der Waals surface area contributed by atoms with Crippen molar-refractivity contribution in [3.05, 3.63) is 29.3 Å². The van der Waals surface area contributed by atoms with Crippen molar-refractivity contribution < 1.29 is 13.2 Å². The fraction of sp³-hybridized carbons (Fsp3) is 0.500. The third-order valence-electron chi connectivity index (χ3n) is 3.63. The predicted molar refractivity (Wildman–Crippen MR) is 76.9 cm³/mol. The number of rotatable bonds is 5. The molecule has 0 spiro atoms. The van der Waals surface area contributed by atoms with E-state index in [2.05, 4.69) is 4.72 Å². The molecule has 1 fully saturated rings. The van der Waals surface area contributed by atoms with Crippen LogP contribution in [0.3, 0.4) is 0 Å². The molecule has 0 atom stereocenters. The maximum Gasteiger partial charge on any atom is 0.240 e. The second-order valence-corrected chi connectivity index (χ2v) is 6.90. The van der Waals surface area contributed by atoms with Gasteiger partial charge in [-0.25, -0.2) is 13.1 Å². The molecule has 0 radical (unpaired) electrons. The summed E-state index contributed by atoms with van der Waals surface area (Å²) >= 11 is 0. The molecule has 1 aliphatic heterocycles. The molecular weight excluding hydrogens is 276 g/mol. The minimum absolute atomic E-state index is 0.0130. The van der Waals surface area contributed by atoms with Gasteiger partial charge in [0.15, 0.2) is 0 Å². The number of carbonyl (C=O) groups is 1. The van der Waals surface area contributed by atoms with E-state index >= 15 is 0 Å². The molecule has 0 aliphatic carbocycles. The van der Waals surface area contributed by atoms with E-state index in [1.165, 1.54) is 0 Å². The Morgan fingerprint density at radius 3 is 2.50 bits per heavy atom. The summed E-state index contributed by atoms with van der Waals surface area (Å²) < 4.78 is 26.7. The summed E-state index contributed by atoms with van der Waals surface area (Å²) in [6, 6.07) is 5.02. The molecule has 0 unspecified atom stereocenters. The molecule has 1 saturated heterocycles. The van der Waals surface area contributed by atoms with Gasteiger partial charge < -0.3 is 4.90 Å². The number of sulfonamides is 1. The molecule has 0 saturated carbocycles.